The molecule has 40 heavy (non-hydrogen) atoms. The topological polar surface area (TPSA) is 78.4 Å². The molecule has 1 saturated heterocycles. The number of aromatic nitrogens is 2. The van der Waals surface area contributed by atoms with Gasteiger partial charge in [0.2, 0.25) is 0 Å². The van der Waals surface area contributed by atoms with Gasteiger partial charge in [-0.15, -0.1) is 0 Å². The molecule has 6 rings (SSSR count). The van der Waals surface area contributed by atoms with Crippen LogP contribution in [0.5, 0.6) is 0 Å². The molecular formula is C31H28BrN5O2S. The normalized spacial score (nSPS) is 14.5. The van der Waals surface area contributed by atoms with Crippen LogP contribution in [0.25, 0.3) is 11.0 Å². The van der Waals surface area contributed by atoms with Crippen LogP contribution in [0.3, 0.4) is 0 Å². The van der Waals surface area contributed by atoms with Gasteiger partial charge < -0.3 is 4.90 Å². The summed E-state index contributed by atoms with van der Waals surface area (Å²) in [7, 11) is -3.87. The number of sulfonamides is 1. The van der Waals surface area contributed by atoms with Crippen LogP contribution in [0.2, 0.25) is 0 Å². The molecule has 4 aromatic carbocycles. The standard InChI is InChI=1S/C31H28BrN5O2S/c32-25-15-17-26(18-16-25)40(38,39)35-30-31(34-28-14-8-7-13-27(28)33-30)37-21-19-36(20-22-37)29(23-9-3-1-4-10-23)24-11-5-2-6-12-24/h1-18,29H,19-22H2,(H,33,35). The van der Waals surface area contributed by atoms with Gasteiger partial charge in [-0.3, -0.25) is 9.62 Å². The number of hydrogen-bond donors (Lipinski definition) is 1. The monoisotopic (exact) mass is 613 g/mol. The van der Waals surface area contributed by atoms with Gasteiger partial charge in [-0.05, 0) is 47.5 Å². The number of halogens is 1. The SMILES string of the molecule is O=S(=O)(Nc1nc2ccccc2nc1N1CCN(C(c2ccccc2)c2ccccc2)CC1)c1ccc(Br)cc1. The fourth-order valence-corrected chi connectivity index (χ4v) is 6.42. The Labute approximate surface area is 242 Å². The number of fused-ring (bicyclic) bond motifs is 1. The average molecular weight is 615 g/mol. The van der Waals surface area contributed by atoms with Crippen LogP contribution in [-0.2, 0) is 10.0 Å². The van der Waals surface area contributed by atoms with E-state index in [4.69, 9.17) is 9.97 Å². The molecule has 1 fully saturated rings. The molecule has 0 unspecified atom stereocenters. The van der Waals surface area contributed by atoms with Gasteiger partial charge in [-0.2, -0.15) is 0 Å². The molecule has 1 N–H and O–H groups in total. The van der Waals surface area contributed by atoms with Gasteiger partial charge in [0.15, 0.2) is 11.6 Å². The van der Waals surface area contributed by atoms with E-state index in [1.165, 1.54) is 11.1 Å². The van der Waals surface area contributed by atoms with Crippen molar-refractivity contribution in [2.75, 3.05) is 35.8 Å². The van der Waals surface area contributed by atoms with Crippen LogP contribution in [0.15, 0.2) is 119 Å². The lowest BCUT2D eigenvalue weighted by Gasteiger charge is -2.40. The summed E-state index contributed by atoms with van der Waals surface area (Å²) in [5.41, 5.74) is 3.84. The molecule has 1 aliphatic rings. The number of nitrogens with one attached hydrogen (secondary N) is 1. The fraction of sp³-hybridized carbons (Fsp3) is 0.161. The number of nitrogens with zero attached hydrogens (tertiary/aromatic N) is 4. The van der Waals surface area contributed by atoms with Crippen LogP contribution < -0.4 is 9.62 Å². The van der Waals surface area contributed by atoms with E-state index in [-0.39, 0.29) is 16.8 Å². The summed E-state index contributed by atoms with van der Waals surface area (Å²) in [6.07, 6.45) is 0. The molecule has 1 aromatic heterocycles. The molecule has 5 aromatic rings. The van der Waals surface area contributed by atoms with Gasteiger partial charge in [0, 0.05) is 30.7 Å². The molecule has 0 bridgehead atoms. The van der Waals surface area contributed by atoms with E-state index in [1.54, 1.807) is 24.3 Å². The first kappa shape index (κ1) is 26.4. The Hall–Kier alpha value is -3.79. The summed E-state index contributed by atoms with van der Waals surface area (Å²) < 4.78 is 30.2. The van der Waals surface area contributed by atoms with Crippen LogP contribution >= 0.6 is 15.9 Å². The summed E-state index contributed by atoms with van der Waals surface area (Å²) in [6, 6.07) is 35.3. The lowest BCUT2D eigenvalue weighted by Crippen LogP contribution is -2.48. The fourth-order valence-electron chi connectivity index (χ4n) is 5.16. The third kappa shape index (κ3) is 5.58. The van der Waals surface area contributed by atoms with Gasteiger partial charge in [0.05, 0.1) is 22.0 Å². The summed E-state index contributed by atoms with van der Waals surface area (Å²) in [6.45, 7) is 2.91. The van der Waals surface area contributed by atoms with Crippen molar-refractivity contribution in [1.82, 2.24) is 14.9 Å². The molecule has 1 aliphatic heterocycles. The zero-order valence-corrected chi connectivity index (χ0v) is 24.1. The molecule has 7 nitrogen and oxygen atoms in total. The summed E-state index contributed by atoms with van der Waals surface area (Å²) in [5, 5.41) is 0. The highest BCUT2D eigenvalue weighted by Crippen LogP contribution is 2.32. The van der Waals surface area contributed by atoms with E-state index in [9.17, 15) is 8.42 Å². The number of para-hydroxylation sites is 2. The van der Waals surface area contributed by atoms with Crippen molar-refractivity contribution in [2.24, 2.45) is 0 Å². The van der Waals surface area contributed by atoms with Crippen LogP contribution in [0, 0.1) is 0 Å². The number of benzene rings is 4. The smallest absolute Gasteiger partial charge is 0.263 e. The van der Waals surface area contributed by atoms with E-state index >= 15 is 0 Å². The zero-order chi connectivity index (χ0) is 27.5. The average Bonchev–Trinajstić information content (AvgIpc) is 2.98. The first-order valence-corrected chi connectivity index (χ1v) is 15.4. The second kappa shape index (κ2) is 11.4. The molecular weight excluding hydrogens is 586 g/mol. The third-order valence-electron chi connectivity index (χ3n) is 7.12. The van der Waals surface area contributed by atoms with Gasteiger partial charge in [0.25, 0.3) is 10.0 Å². The van der Waals surface area contributed by atoms with Gasteiger partial charge >= 0.3 is 0 Å². The number of piperazine rings is 1. The maximum absolute atomic E-state index is 13.3. The largest absolute Gasteiger partial charge is 0.351 e. The van der Waals surface area contributed by atoms with Gasteiger partial charge in [0.1, 0.15) is 0 Å². The Morgan fingerprint density at radius 2 is 1.20 bits per heavy atom. The summed E-state index contributed by atoms with van der Waals surface area (Å²) in [4.78, 5) is 14.4. The van der Waals surface area contributed by atoms with E-state index < -0.39 is 10.0 Å². The zero-order valence-electron chi connectivity index (χ0n) is 21.7. The second-order valence-corrected chi connectivity index (χ2v) is 12.3. The molecule has 0 radical (unpaired) electrons. The predicted octanol–water partition coefficient (Wildman–Crippen LogP) is 6.10. The Morgan fingerprint density at radius 1 is 0.675 bits per heavy atom. The Morgan fingerprint density at radius 3 is 1.77 bits per heavy atom. The first-order chi connectivity index (χ1) is 19.5. The van der Waals surface area contributed by atoms with Crippen molar-refractivity contribution in [3.8, 4) is 0 Å². The van der Waals surface area contributed by atoms with Crippen molar-refractivity contribution in [2.45, 2.75) is 10.9 Å². The van der Waals surface area contributed by atoms with Crippen molar-refractivity contribution >= 4 is 48.6 Å². The molecule has 9 heteroatoms. The lowest BCUT2D eigenvalue weighted by atomic mass is 9.96. The van der Waals surface area contributed by atoms with E-state index in [2.05, 4.69) is 79.0 Å². The first-order valence-electron chi connectivity index (χ1n) is 13.1. The molecule has 0 atom stereocenters. The number of hydrogen-bond acceptors (Lipinski definition) is 6. The van der Waals surface area contributed by atoms with Crippen molar-refractivity contribution in [3.63, 3.8) is 0 Å². The van der Waals surface area contributed by atoms with Crippen LogP contribution in [0.1, 0.15) is 17.2 Å². The Bertz CT molecular complexity index is 1670. The van der Waals surface area contributed by atoms with Crippen molar-refractivity contribution in [3.05, 3.63) is 125 Å². The van der Waals surface area contributed by atoms with E-state index in [0.29, 0.717) is 24.4 Å². The lowest BCUT2D eigenvalue weighted by molar-refractivity contribution is 0.212. The van der Waals surface area contributed by atoms with Crippen LogP contribution in [-0.4, -0.2) is 49.5 Å². The Balaban J connectivity index is 1.30. The highest BCUT2D eigenvalue weighted by atomic mass is 79.9. The molecule has 202 valence electrons. The maximum Gasteiger partial charge on any atom is 0.263 e. The van der Waals surface area contributed by atoms with Crippen molar-refractivity contribution < 1.29 is 8.42 Å². The highest BCUT2D eigenvalue weighted by Gasteiger charge is 2.29. The van der Waals surface area contributed by atoms with Crippen molar-refractivity contribution in [1.29, 1.82) is 0 Å². The predicted molar refractivity (Wildman–Crippen MR) is 163 cm³/mol. The molecule has 0 amide bonds. The number of anilines is 2. The summed E-state index contributed by atoms with van der Waals surface area (Å²) in [5.74, 6) is 0.771. The molecule has 0 saturated carbocycles. The highest BCUT2D eigenvalue weighted by molar-refractivity contribution is 9.10. The van der Waals surface area contributed by atoms with E-state index in [1.807, 2.05) is 36.4 Å². The maximum atomic E-state index is 13.3. The minimum Gasteiger partial charge on any atom is -0.351 e. The summed E-state index contributed by atoms with van der Waals surface area (Å²) >= 11 is 3.37. The number of rotatable bonds is 7. The molecule has 0 aliphatic carbocycles. The minimum absolute atomic E-state index is 0.127. The Kier molecular flexibility index (Phi) is 7.51. The second-order valence-electron chi connectivity index (χ2n) is 9.69. The third-order valence-corrected chi connectivity index (χ3v) is 9.00. The van der Waals surface area contributed by atoms with Gasteiger partial charge in [-0.25, -0.2) is 18.4 Å². The van der Waals surface area contributed by atoms with E-state index in [0.717, 1.165) is 23.1 Å². The minimum atomic E-state index is -3.87. The molecule has 2 heterocycles. The quantitative estimate of drug-likeness (QED) is 0.239. The van der Waals surface area contributed by atoms with Gasteiger partial charge in [-0.1, -0.05) is 88.7 Å². The molecule has 0 spiro atoms. The van der Waals surface area contributed by atoms with Crippen LogP contribution in [0.4, 0.5) is 11.6 Å².